The van der Waals surface area contributed by atoms with Crippen LogP contribution in [-0.2, 0) is 22.5 Å². The highest BCUT2D eigenvalue weighted by molar-refractivity contribution is 5.37. The Kier molecular flexibility index (Phi) is 5.57. The molecule has 1 N–H and O–H groups in total. The van der Waals surface area contributed by atoms with Gasteiger partial charge in [-0.3, -0.25) is 4.79 Å². The fraction of sp³-hybridized carbons (Fsp3) is 0.462. The summed E-state index contributed by atoms with van der Waals surface area (Å²) in [6, 6.07) is 8.63. The second kappa shape index (κ2) is 7.01. The van der Waals surface area contributed by atoms with Crippen LogP contribution in [0.2, 0.25) is 0 Å². The smallest absolute Gasteiger partial charge is 0.293 e. The quantitative estimate of drug-likeness (QED) is 0.775. The van der Waals surface area contributed by atoms with E-state index in [0.29, 0.717) is 6.47 Å². The van der Waals surface area contributed by atoms with Gasteiger partial charge in [0.1, 0.15) is 0 Å². The second-order valence-corrected chi connectivity index (χ2v) is 3.98. The summed E-state index contributed by atoms with van der Waals surface area (Å²) in [5.41, 5.74) is 2.98. The van der Waals surface area contributed by atoms with E-state index in [0.717, 1.165) is 13.1 Å². The lowest BCUT2D eigenvalue weighted by Crippen LogP contribution is -2.23. The second-order valence-electron chi connectivity index (χ2n) is 3.98. The molecule has 0 saturated heterocycles. The van der Waals surface area contributed by atoms with Crippen LogP contribution in [0.25, 0.3) is 0 Å². The van der Waals surface area contributed by atoms with Crippen molar-refractivity contribution >= 4 is 6.47 Å². The molecular weight excluding hydrogens is 202 g/mol. The van der Waals surface area contributed by atoms with Crippen LogP contribution < -0.4 is 5.32 Å². The number of benzene rings is 1. The molecule has 0 spiro atoms. The van der Waals surface area contributed by atoms with E-state index >= 15 is 0 Å². The van der Waals surface area contributed by atoms with Crippen molar-refractivity contribution in [2.75, 3.05) is 6.54 Å². The van der Waals surface area contributed by atoms with Gasteiger partial charge in [-0.2, -0.15) is 0 Å². The predicted octanol–water partition coefficient (Wildman–Crippen LogP) is 1.90. The normalized spacial score (nSPS) is 13.4. The van der Waals surface area contributed by atoms with Gasteiger partial charge in [-0.1, -0.05) is 24.3 Å². The van der Waals surface area contributed by atoms with E-state index in [1.165, 1.54) is 17.5 Å². The largest absolute Gasteiger partial charge is 0.465 e. The van der Waals surface area contributed by atoms with E-state index in [-0.39, 0.29) is 6.10 Å². The van der Waals surface area contributed by atoms with Gasteiger partial charge >= 0.3 is 0 Å². The molecule has 0 unspecified atom stereocenters. The number of rotatable bonds is 2. The van der Waals surface area contributed by atoms with Crippen LogP contribution in [0, 0.1) is 0 Å². The summed E-state index contributed by atoms with van der Waals surface area (Å²) in [5.74, 6) is 0. The molecule has 0 fully saturated rings. The van der Waals surface area contributed by atoms with Crippen LogP contribution in [0.5, 0.6) is 0 Å². The first kappa shape index (κ1) is 12.7. The zero-order chi connectivity index (χ0) is 11.8. The molecule has 0 bridgehead atoms. The Hall–Kier alpha value is -1.35. The molecular formula is C13H19NO2. The fourth-order valence-corrected chi connectivity index (χ4v) is 1.53. The summed E-state index contributed by atoms with van der Waals surface area (Å²) >= 11 is 0. The summed E-state index contributed by atoms with van der Waals surface area (Å²) in [5, 5.41) is 3.34. The van der Waals surface area contributed by atoms with Crippen LogP contribution in [0.1, 0.15) is 25.0 Å². The Morgan fingerprint density at radius 2 is 2.00 bits per heavy atom. The number of fused-ring (bicyclic) bond motifs is 1. The van der Waals surface area contributed by atoms with E-state index in [1.54, 1.807) is 13.8 Å². The molecule has 0 radical (unpaired) electrons. The fourth-order valence-electron chi connectivity index (χ4n) is 1.53. The SMILES string of the molecule is CC(C)OC=O.c1ccc2c(c1)CCNC2. The molecule has 3 heteroatoms. The van der Waals surface area contributed by atoms with Gasteiger partial charge in [0.25, 0.3) is 6.47 Å². The molecule has 1 aromatic rings. The van der Waals surface area contributed by atoms with Gasteiger partial charge in [0.05, 0.1) is 6.10 Å². The first-order chi connectivity index (χ1) is 7.74. The Morgan fingerprint density at radius 3 is 2.50 bits per heavy atom. The third kappa shape index (κ3) is 4.45. The van der Waals surface area contributed by atoms with Crippen molar-refractivity contribution in [2.24, 2.45) is 0 Å². The monoisotopic (exact) mass is 221 g/mol. The van der Waals surface area contributed by atoms with Gasteiger partial charge < -0.3 is 10.1 Å². The molecule has 0 aromatic heterocycles. The Bertz CT molecular complexity index is 298. The van der Waals surface area contributed by atoms with E-state index in [9.17, 15) is 4.79 Å². The zero-order valence-electron chi connectivity index (χ0n) is 9.90. The Morgan fingerprint density at radius 1 is 1.31 bits per heavy atom. The lowest BCUT2D eigenvalue weighted by atomic mass is 10.0. The third-order valence-corrected chi connectivity index (χ3v) is 2.33. The Labute approximate surface area is 96.8 Å². The van der Waals surface area contributed by atoms with Crippen LogP contribution in [0.3, 0.4) is 0 Å². The molecule has 1 aliphatic rings. The van der Waals surface area contributed by atoms with Crippen LogP contribution in [0.15, 0.2) is 24.3 Å². The van der Waals surface area contributed by atoms with Crippen molar-refractivity contribution < 1.29 is 9.53 Å². The molecule has 0 atom stereocenters. The number of carbonyl (C=O) groups is 1. The highest BCUT2D eigenvalue weighted by atomic mass is 16.5. The van der Waals surface area contributed by atoms with Gasteiger partial charge in [-0.25, -0.2) is 0 Å². The molecule has 1 heterocycles. The average molecular weight is 221 g/mol. The number of ether oxygens (including phenoxy) is 1. The van der Waals surface area contributed by atoms with E-state index < -0.39 is 0 Å². The van der Waals surface area contributed by atoms with E-state index in [4.69, 9.17) is 0 Å². The van der Waals surface area contributed by atoms with E-state index in [2.05, 4.69) is 34.3 Å². The molecule has 16 heavy (non-hydrogen) atoms. The van der Waals surface area contributed by atoms with Gasteiger partial charge in [0.2, 0.25) is 0 Å². The molecule has 1 aliphatic heterocycles. The van der Waals surface area contributed by atoms with Crippen molar-refractivity contribution in [2.45, 2.75) is 32.9 Å². The highest BCUT2D eigenvalue weighted by Gasteiger charge is 2.05. The number of nitrogens with one attached hydrogen (secondary N) is 1. The topological polar surface area (TPSA) is 38.3 Å². The predicted molar refractivity (Wildman–Crippen MR) is 64.1 cm³/mol. The minimum absolute atomic E-state index is 0.0301. The minimum Gasteiger partial charge on any atom is -0.465 e. The standard InChI is InChI=1S/C9H11N.C4H8O2/c1-2-4-9-7-10-6-5-8(9)3-1;1-4(2)6-3-5/h1-4,10H,5-7H2;3-4H,1-2H3. The number of hydrogen-bond donors (Lipinski definition) is 1. The van der Waals surface area contributed by atoms with Gasteiger partial charge in [-0.05, 0) is 37.9 Å². The van der Waals surface area contributed by atoms with Gasteiger partial charge in [0.15, 0.2) is 0 Å². The first-order valence-corrected chi connectivity index (χ1v) is 5.60. The molecule has 2 rings (SSSR count). The van der Waals surface area contributed by atoms with Gasteiger partial charge in [-0.15, -0.1) is 0 Å². The summed E-state index contributed by atoms with van der Waals surface area (Å²) in [6.45, 7) is 6.24. The lowest BCUT2D eigenvalue weighted by molar-refractivity contribution is -0.131. The number of carbonyl (C=O) groups excluding carboxylic acids is 1. The maximum absolute atomic E-state index is 9.39. The summed E-state index contributed by atoms with van der Waals surface area (Å²) in [7, 11) is 0. The summed E-state index contributed by atoms with van der Waals surface area (Å²) in [6.07, 6.45) is 1.22. The Balaban J connectivity index is 0.000000187. The molecule has 0 amide bonds. The summed E-state index contributed by atoms with van der Waals surface area (Å²) in [4.78, 5) is 9.39. The maximum Gasteiger partial charge on any atom is 0.293 e. The summed E-state index contributed by atoms with van der Waals surface area (Å²) < 4.78 is 4.36. The molecule has 0 saturated carbocycles. The molecule has 1 aromatic carbocycles. The van der Waals surface area contributed by atoms with Crippen LogP contribution in [0.4, 0.5) is 0 Å². The van der Waals surface area contributed by atoms with Crippen molar-refractivity contribution in [3.05, 3.63) is 35.4 Å². The van der Waals surface area contributed by atoms with Crippen LogP contribution in [-0.4, -0.2) is 19.1 Å². The highest BCUT2D eigenvalue weighted by Crippen LogP contribution is 2.11. The van der Waals surface area contributed by atoms with Crippen molar-refractivity contribution in [1.29, 1.82) is 0 Å². The first-order valence-electron chi connectivity index (χ1n) is 5.60. The molecule has 88 valence electrons. The maximum atomic E-state index is 9.39. The average Bonchev–Trinajstić information content (AvgIpc) is 2.30. The number of hydrogen-bond acceptors (Lipinski definition) is 3. The van der Waals surface area contributed by atoms with Crippen LogP contribution >= 0.6 is 0 Å². The zero-order valence-corrected chi connectivity index (χ0v) is 9.90. The molecule has 0 aliphatic carbocycles. The van der Waals surface area contributed by atoms with Crippen molar-refractivity contribution in [3.8, 4) is 0 Å². The van der Waals surface area contributed by atoms with Gasteiger partial charge in [0, 0.05) is 6.54 Å². The van der Waals surface area contributed by atoms with Crippen molar-refractivity contribution in [3.63, 3.8) is 0 Å². The minimum atomic E-state index is 0.0301. The van der Waals surface area contributed by atoms with E-state index in [1.807, 2.05) is 0 Å². The lowest BCUT2D eigenvalue weighted by Gasteiger charge is -2.15. The van der Waals surface area contributed by atoms with Crippen molar-refractivity contribution in [1.82, 2.24) is 5.32 Å². The molecule has 3 nitrogen and oxygen atoms in total. The third-order valence-electron chi connectivity index (χ3n) is 2.33.